The van der Waals surface area contributed by atoms with Gasteiger partial charge in [-0.1, -0.05) is 37.3 Å². The molecular formula is C25H29N3O4. The number of benzene rings is 3. The molecule has 0 aliphatic carbocycles. The molecule has 0 saturated carbocycles. The highest BCUT2D eigenvalue weighted by molar-refractivity contribution is 5.76. The first-order valence-electron chi connectivity index (χ1n) is 10.5. The van der Waals surface area contributed by atoms with E-state index in [4.69, 9.17) is 10.5 Å². The third-order valence-electron chi connectivity index (χ3n) is 5.32. The molecule has 0 fully saturated rings. The van der Waals surface area contributed by atoms with E-state index in [2.05, 4.69) is 10.6 Å². The van der Waals surface area contributed by atoms with Crippen LogP contribution in [0.15, 0.2) is 60.7 Å². The Morgan fingerprint density at radius 1 is 1.03 bits per heavy atom. The summed E-state index contributed by atoms with van der Waals surface area (Å²) < 4.78 is 5.50. The first-order chi connectivity index (χ1) is 15.4. The Labute approximate surface area is 187 Å². The molecule has 168 valence electrons. The third-order valence-corrected chi connectivity index (χ3v) is 5.32. The molecule has 3 aromatic rings. The molecule has 1 atom stereocenters. The van der Waals surface area contributed by atoms with Gasteiger partial charge in [0.2, 0.25) is 6.41 Å². The second kappa shape index (κ2) is 10.2. The zero-order valence-electron chi connectivity index (χ0n) is 18.3. The van der Waals surface area contributed by atoms with Crippen molar-refractivity contribution in [1.82, 2.24) is 5.32 Å². The average Bonchev–Trinajstić information content (AvgIpc) is 2.79. The van der Waals surface area contributed by atoms with Crippen molar-refractivity contribution in [2.24, 2.45) is 0 Å². The molecule has 1 amide bonds. The Morgan fingerprint density at radius 2 is 1.75 bits per heavy atom. The Balaban J connectivity index is 2.02. The molecule has 0 unspecified atom stereocenters. The van der Waals surface area contributed by atoms with Gasteiger partial charge in [-0.2, -0.15) is 0 Å². The summed E-state index contributed by atoms with van der Waals surface area (Å²) in [6.07, 6.45) is 0.474. The fourth-order valence-electron chi connectivity index (χ4n) is 3.66. The van der Waals surface area contributed by atoms with Crippen molar-refractivity contribution >= 4 is 17.8 Å². The first-order valence-corrected chi connectivity index (χ1v) is 10.5. The van der Waals surface area contributed by atoms with Crippen molar-refractivity contribution in [2.75, 3.05) is 30.7 Å². The van der Waals surface area contributed by atoms with E-state index < -0.39 is 5.60 Å². The van der Waals surface area contributed by atoms with Gasteiger partial charge >= 0.3 is 0 Å². The number of nitrogen functional groups attached to an aromatic ring is 1. The topological polar surface area (TPSA) is 117 Å². The van der Waals surface area contributed by atoms with Crippen LogP contribution in [-0.2, 0) is 10.4 Å². The number of hydrogen-bond donors (Lipinski definition) is 5. The lowest BCUT2D eigenvalue weighted by molar-refractivity contribution is -0.105. The normalized spacial score (nSPS) is 12.7. The predicted octanol–water partition coefficient (Wildman–Crippen LogP) is 3.45. The van der Waals surface area contributed by atoms with Crippen molar-refractivity contribution in [1.29, 1.82) is 0 Å². The number of likely N-dealkylation sites (N-methyl/N-ethyl adjacent to an activating group) is 1. The summed E-state index contributed by atoms with van der Waals surface area (Å²) in [5.41, 5.74) is 8.47. The zero-order valence-corrected chi connectivity index (χ0v) is 18.3. The summed E-state index contributed by atoms with van der Waals surface area (Å²) in [6.45, 7) is 5.32. The fourth-order valence-corrected chi connectivity index (χ4v) is 3.66. The van der Waals surface area contributed by atoms with Crippen molar-refractivity contribution in [3.8, 4) is 22.6 Å². The number of phenols is 1. The molecule has 3 aromatic carbocycles. The van der Waals surface area contributed by atoms with E-state index in [0.29, 0.717) is 36.4 Å². The number of carbonyl (C=O) groups excluding carboxylic acids is 1. The van der Waals surface area contributed by atoms with Gasteiger partial charge < -0.3 is 31.3 Å². The number of nitrogens with two attached hydrogens (primary N) is 1. The highest BCUT2D eigenvalue weighted by Crippen LogP contribution is 2.38. The molecule has 0 aliphatic heterocycles. The molecule has 0 spiro atoms. The van der Waals surface area contributed by atoms with Crippen LogP contribution in [0.3, 0.4) is 0 Å². The molecule has 32 heavy (non-hydrogen) atoms. The highest BCUT2D eigenvalue weighted by atomic mass is 16.5. The van der Waals surface area contributed by atoms with Crippen molar-refractivity contribution in [3.05, 3.63) is 71.8 Å². The Morgan fingerprint density at radius 3 is 2.38 bits per heavy atom. The number of nitrogens with one attached hydrogen (secondary N) is 2. The first kappa shape index (κ1) is 23.1. The van der Waals surface area contributed by atoms with E-state index in [0.717, 1.165) is 16.9 Å². The van der Waals surface area contributed by atoms with E-state index in [1.807, 2.05) is 50.2 Å². The zero-order chi connectivity index (χ0) is 23.1. The van der Waals surface area contributed by atoms with Crippen LogP contribution >= 0.6 is 0 Å². The Bertz CT molecular complexity index is 1070. The number of phenolic OH excluding ortho intramolecular Hbond substituents is 1. The molecule has 6 N–H and O–H groups in total. The lowest BCUT2D eigenvalue weighted by atomic mass is 9.84. The molecule has 0 saturated heterocycles. The van der Waals surface area contributed by atoms with Crippen LogP contribution in [0.4, 0.5) is 11.4 Å². The quantitative estimate of drug-likeness (QED) is 0.189. The second-order valence-electron chi connectivity index (χ2n) is 7.39. The number of rotatable bonds is 10. The van der Waals surface area contributed by atoms with E-state index in [-0.39, 0.29) is 18.0 Å². The second-order valence-corrected chi connectivity index (χ2v) is 7.39. The Kier molecular flexibility index (Phi) is 7.35. The minimum absolute atomic E-state index is 0.0922. The molecule has 0 radical (unpaired) electrons. The third kappa shape index (κ3) is 4.85. The smallest absolute Gasteiger partial charge is 0.211 e. The number of aromatic hydroxyl groups is 1. The summed E-state index contributed by atoms with van der Waals surface area (Å²) in [5, 5.41) is 27.4. The van der Waals surface area contributed by atoms with E-state index in [1.54, 1.807) is 18.2 Å². The summed E-state index contributed by atoms with van der Waals surface area (Å²) in [5.74, 6) is 0.707. The summed E-state index contributed by atoms with van der Waals surface area (Å²) in [4.78, 5) is 10.9. The van der Waals surface area contributed by atoms with Gasteiger partial charge in [0, 0.05) is 17.8 Å². The van der Waals surface area contributed by atoms with E-state index in [1.165, 1.54) is 6.07 Å². The van der Waals surface area contributed by atoms with E-state index >= 15 is 0 Å². The van der Waals surface area contributed by atoms with Gasteiger partial charge in [0.25, 0.3) is 0 Å². The highest BCUT2D eigenvalue weighted by Gasteiger charge is 2.34. The number of hydrogen-bond acceptors (Lipinski definition) is 6. The lowest BCUT2D eigenvalue weighted by Gasteiger charge is -2.31. The average molecular weight is 436 g/mol. The maximum atomic E-state index is 11.7. The molecule has 7 nitrogen and oxygen atoms in total. The maximum Gasteiger partial charge on any atom is 0.211 e. The molecular weight excluding hydrogens is 406 g/mol. The number of carbonyl (C=O) groups is 1. The van der Waals surface area contributed by atoms with Gasteiger partial charge in [0.1, 0.15) is 17.1 Å². The summed E-state index contributed by atoms with van der Waals surface area (Å²) in [6, 6.07) is 17.9. The van der Waals surface area contributed by atoms with E-state index in [9.17, 15) is 15.0 Å². The maximum absolute atomic E-state index is 11.7. The predicted molar refractivity (Wildman–Crippen MR) is 127 cm³/mol. The number of aliphatic hydroxyl groups is 1. The van der Waals surface area contributed by atoms with Crippen molar-refractivity contribution < 1.29 is 19.7 Å². The molecule has 7 heteroatoms. The van der Waals surface area contributed by atoms with Crippen LogP contribution in [0.25, 0.3) is 11.1 Å². The number of anilines is 2. The van der Waals surface area contributed by atoms with Crippen molar-refractivity contribution in [3.63, 3.8) is 0 Å². The van der Waals surface area contributed by atoms with Gasteiger partial charge in [0.15, 0.2) is 0 Å². The van der Waals surface area contributed by atoms with Gasteiger partial charge in [0.05, 0.1) is 12.3 Å². The number of amides is 1. The molecule has 0 aliphatic rings. The SMILES string of the molecule is CCNC[C@@](O)(c1ccc(O)c(NC=O)c1)c1ccc(-c2ccc(OCC)cc2)cc1N. The lowest BCUT2D eigenvalue weighted by Crippen LogP contribution is -2.39. The van der Waals surface area contributed by atoms with Crippen LogP contribution in [0.2, 0.25) is 0 Å². The molecule has 0 bridgehead atoms. The number of ether oxygens (including phenoxy) is 1. The largest absolute Gasteiger partial charge is 0.506 e. The minimum Gasteiger partial charge on any atom is -0.506 e. The van der Waals surface area contributed by atoms with Crippen LogP contribution in [0.5, 0.6) is 11.5 Å². The summed E-state index contributed by atoms with van der Waals surface area (Å²) >= 11 is 0. The molecule has 0 heterocycles. The minimum atomic E-state index is -1.48. The van der Waals surface area contributed by atoms with Crippen LogP contribution in [0, 0.1) is 0 Å². The van der Waals surface area contributed by atoms with Gasteiger partial charge in [-0.3, -0.25) is 4.79 Å². The molecule has 3 rings (SSSR count). The van der Waals surface area contributed by atoms with Crippen molar-refractivity contribution in [2.45, 2.75) is 19.4 Å². The van der Waals surface area contributed by atoms with Gasteiger partial charge in [-0.05, 0) is 60.5 Å². The van der Waals surface area contributed by atoms with Gasteiger partial charge in [-0.25, -0.2) is 0 Å². The van der Waals surface area contributed by atoms with Gasteiger partial charge in [-0.15, -0.1) is 0 Å². The standard InChI is InChI=1S/C25H29N3O4/c1-3-27-15-25(31,19-8-12-24(30)23(14-19)28-16-29)21-11-7-18(13-22(21)26)17-5-9-20(10-6-17)32-4-2/h5-14,16,27,30-31H,3-4,15,26H2,1-2H3,(H,28,29)/t25-/m1/s1. The Hall–Kier alpha value is -3.55. The monoisotopic (exact) mass is 435 g/mol. The van der Waals surface area contributed by atoms with Crippen LogP contribution < -0.4 is 21.1 Å². The summed E-state index contributed by atoms with van der Waals surface area (Å²) in [7, 11) is 0. The molecule has 0 aromatic heterocycles. The van der Waals surface area contributed by atoms with Crippen LogP contribution in [-0.4, -0.2) is 36.3 Å². The fraction of sp³-hybridized carbons (Fsp3) is 0.240. The van der Waals surface area contributed by atoms with Crippen LogP contribution in [0.1, 0.15) is 25.0 Å².